The van der Waals surface area contributed by atoms with Crippen LogP contribution in [0.4, 0.5) is 11.4 Å². The molecular formula is C18H14N2O3S. The van der Waals surface area contributed by atoms with E-state index < -0.39 is 4.92 Å². The Bertz CT molecular complexity index is 883. The van der Waals surface area contributed by atoms with Gasteiger partial charge in [0.25, 0.3) is 11.6 Å². The largest absolute Gasteiger partial charge is 0.321 e. The number of carbonyl (C=O) groups is 1. The lowest BCUT2D eigenvalue weighted by Crippen LogP contribution is -2.11. The van der Waals surface area contributed by atoms with Gasteiger partial charge in [0, 0.05) is 23.4 Å². The lowest BCUT2D eigenvalue weighted by Gasteiger charge is -2.07. The van der Waals surface area contributed by atoms with E-state index in [2.05, 4.69) is 5.32 Å². The molecule has 0 fully saturated rings. The van der Waals surface area contributed by atoms with Crippen LogP contribution in [0.15, 0.2) is 60.0 Å². The normalized spacial score (nSPS) is 10.4. The van der Waals surface area contributed by atoms with Crippen molar-refractivity contribution in [2.24, 2.45) is 0 Å². The first kappa shape index (κ1) is 15.9. The van der Waals surface area contributed by atoms with Crippen LogP contribution in [0.1, 0.15) is 15.2 Å². The second-order valence-corrected chi connectivity index (χ2v) is 6.20. The SMILES string of the molecule is Cc1ccc(-c2ccsc2C(=O)Nc2ccc([N+](=O)[O-])cc2)cc1. The molecule has 0 bridgehead atoms. The lowest BCUT2D eigenvalue weighted by atomic mass is 10.0. The number of hydrogen-bond acceptors (Lipinski definition) is 4. The Hall–Kier alpha value is -2.99. The van der Waals surface area contributed by atoms with E-state index in [0.29, 0.717) is 10.6 Å². The van der Waals surface area contributed by atoms with Gasteiger partial charge in [0.1, 0.15) is 0 Å². The number of benzene rings is 2. The molecule has 0 atom stereocenters. The smallest absolute Gasteiger partial charge is 0.269 e. The molecule has 1 heterocycles. The molecule has 0 aliphatic carbocycles. The van der Waals surface area contributed by atoms with Crippen molar-refractivity contribution in [2.75, 3.05) is 5.32 Å². The van der Waals surface area contributed by atoms with Gasteiger partial charge in [0.2, 0.25) is 0 Å². The Kier molecular flexibility index (Phi) is 4.39. The van der Waals surface area contributed by atoms with Crippen LogP contribution in [0.25, 0.3) is 11.1 Å². The number of nitrogens with zero attached hydrogens (tertiary/aromatic N) is 1. The number of amides is 1. The molecule has 5 nitrogen and oxygen atoms in total. The Labute approximate surface area is 142 Å². The molecule has 0 spiro atoms. The summed E-state index contributed by atoms with van der Waals surface area (Å²) in [5.74, 6) is -0.227. The molecule has 3 rings (SSSR count). The Morgan fingerprint density at radius 1 is 1.04 bits per heavy atom. The number of nitro groups is 1. The van der Waals surface area contributed by atoms with Crippen molar-refractivity contribution in [1.29, 1.82) is 0 Å². The van der Waals surface area contributed by atoms with Crippen LogP contribution in [-0.4, -0.2) is 10.8 Å². The lowest BCUT2D eigenvalue weighted by molar-refractivity contribution is -0.384. The first-order chi connectivity index (χ1) is 11.5. The number of anilines is 1. The minimum Gasteiger partial charge on any atom is -0.321 e. The first-order valence-corrected chi connectivity index (χ1v) is 8.13. The highest BCUT2D eigenvalue weighted by molar-refractivity contribution is 7.12. The third-order valence-electron chi connectivity index (χ3n) is 3.57. The maximum atomic E-state index is 12.5. The van der Waals surface area contributed by atoms with E-state index in [4.69, 9.17) is 0 Å². The Balaban J connectivity index is 1.82. The number of rotatable bonds is 4. The van der Waals surface area contributed by atoms with Gasteiger partial charge >= 0.3 is 0 Å². The first-order valence-electron chi connectivity index (χ1n) is 7.25. The van der Waals surface area contributed by atoms with E-state index in [1.54, 1.807) is 0 Å². The number of aryl methyl sites for hydroxylation is 1. The van der Waals surface area contributed by atoms with Crippen molar-refractivity contribution in [1.82, 2.24) is 0 Å². The van der Waals surface area contributed by atoms with E-state index >= 15 is 0 Å². The highest BCUT2D eigenvalue weighted by Crippen LogP contribution is 2.29. The highest BCUT2D eigenvalue weighted by Gasteiger charge is 2.15. The molecule has 1 aromatic heterocycles. The fraction of sp³-hybridized carbons (Fsp3) is 0.0556. The molecule has 0 radical (unpaired) electrons. The molecule has 120 valence electrons. The zero-order valence-corrected chi connectivity index (χ0v) is 13.7. The zero-order valence-electron chi connectivity index (χ0n) is 12.9. The van der Waals surface area contributed by atoms with Crippen molar-refractivity contribution in [3.8, 4) is 11.1 Å². The Morgan fingerprint density at radius 3 is 2.33 bits per heavy atom. The molecule has 0 aliphatic heterocycles. The van der Waals surface area contributed by atoms with Crippen LogP contribution in [0.5, 0.6) is 0 Å². The van der Waals surface area contributed by atoms with E-state index in [1.807, 2.05) is 42.6 Å². The zero-order chi connectivity index (χ0) is 17.1. The number of nitro benzene ring substituents is 1. The number of hydrogen-bond donors (Lipinski definition) is 1. The molecule has 0 saturated heterocycles. The number of thiophene rings is 1. The average Bonchev–Trinajstić information content (AvgIpc) is 3.06. The summed E-state index contributed by atoms with van der Waals surface area (Å²) in [6, 6.07) is 15.7. The topological polar surface area (TPSA) is 72.2 Å². The molecule has 6 heteroatoms. The van der Waals surface area contributed by atoms with Gasteiger partial charge in [-0.2, -0.15) is 0 Å². The fourth-order valence-electron chi connectivity index (χ4n) is 2.30. The number of nitrogens with one attached hydrogen (secondary N) is 1. The van der Waals surface area contributed by atoms with Crippen LogP contribution in [0.2, 0.25) is 0 Å². The van der Waals surface area contributed by atoms with Crippen LogP contribution in [0.3, 0.4) is 0 Å². The van der Waals surface area contributed by atoms with Crippen LogP contribution in [0, 0.1) is 17.0 Å². The van der Waals surface area contributed by atoms with Crippen molar-refractivity contribution < 1.29 is 9.72 Å². The molecule has 1 N–H and O–H groups in total. The van der Waals surface area contributed by atoms with Gasteiger partial charge in [0.15, 0.2) is 0 Å². The quantitative estimate of drug-likeness (QED) is 0.544. The van der Waals surface area contributed by atoms with Crippen molar-refractivity contribution in [3.05, 3.63) is 80.5 Å². The summed E-state index contributed by atoms with van der Waals surface area (Å²) in [4.78, 5) is 23.3. The molecular weight excluding hydrogens is 324 g/mol. The minimum absolute atomic E-state index is 0.00975. The second kappa shape index (κ2) is 6.64. The van der Waals surface area contributed by atoms with Gasteiger partial charge in [-0.1, -0.05) is 29.8 Å². The summed E-state index contributed by atoms with van der Waals surface area (Å²) in [5.41, 5.74) is 3.53. The summed E-state index contributed by atoms with van der Waals surface area (Å²) >= 11 is 1.36. The standard InChI is InChI=1S/C18H14N2O3S/c1-12-2-4-13(5-3-12)16-10-11-24-17(16)18(21)19-14-6-8-15(9-7-14)20(22)23/h2-11H,1H3,(H,19,21). The summed E-state index contributed by atoms with van der Waals surface area (Å²) in [6.45, 7) is 2.01. The second-order valence-electron chi connectivity index (χ2n) is 5.29. The van der Waals surface area contributed by atoms with Gasteiger partial charge in [-0.15, -0.1) is 11.3 Å². The van der Waals surface area contributed by atoms with Crippen molar-refractivity contribution in [2.45, 2.75) is 6.92 Å². The van der Waals surface area contributed by atoms with Gasteiger partial charge in [-0.05, 0) is 36.1 Å². The third kappa shape index (κ3) is 3.33. The van der Waals surface area contributed by atoms with Gasteiger partial charge in [-0.3, -0.25) is 14.9 Å². The number of carbonyl (C=O) groups excluding carboxylic acids is 1. The summed E-state index contributed by atoms with van der Waals surface area (Å²) in [7, 11) is 0. The van der Waals surface area contributed by atoms with E-state index in [-0.39, 0.29) is 11.6 Å². The van der Waals surface area contributed by atoms with E-state index in [0.717, 1.165) is 16.7 Å². The van der Waals surface area contributed by atoms with Gasteiger partial charge < -0.3 is 5.32 Å². The molecule has 0 saturated carbocycles. The third-order valence-corrected chi connectivity index (χ3v) is 4.48. The minimum atomic E-state index is -0.472. The summed E-state index contributed by atoms with van der Waals surface area (Å²) in [6.07, 6.45) is 0. The molecule has 3 aromatic rings. The predicted molar refractivity (Wildman–Crippen MR) is 95.5 cm³/mol. The van der Waals surface area contributed by atoms with Crippen molar-refractivity contribution in [3.63, 3.8) is 0 Å². The van der Waals surface area contributed by atoms with Crippen LogP contribution >= 0.6 is 11.3 Å². The molecule has 0 unspecified atom stereocenters. The molecule has 1 amide bonds. The number of non-ortho nitro benzene ring substituents is 1. The molecule has 0 aliphatic rings. The summed E-state index contributed by atoms with van der Waals surface area (Å²) in [5, 5.41) is 15.3. The van der Waals surface area contributed by atoms with Crippen LogP contribution in [-0.2, 0) is 0 Å². The Morgan fingerprint density at radius 2 is 1.71 bits per heavy atom. The predicted octanol–water partition coefficient (Wildman–Crippen LogP) is 4.88. The van der Waals surface area contributed by atoms with Crippen LogP contribution < -0.4 is 5.32 Å². The van der Waals surface area contributed by atoms with E-state index in [9.17, 15) is 14.9 Å². The molecule has 2 aromatic carbocycles. The summed E-state index contributed by atoms with van der Waals surface area (Å²) < 4.78 is 0. The maximum Gasteiger partial charge on any atom is 0.269 e. The molecule has 24 heavy (non-hydrogen) atoms. The van der Waals surface area contributed by atoms with E-state index in [1.165, 1.54) is 35.6 Å². The maximum absolute atomic E-state index is 12.5. The highest BCUT2D eigenvalue weighted by atomic mass is 32.1. The average molecular weight is 338 g/mol. The van der Waals surface area contributed by atoms with Gasteiger partial charge in [0.05, 0.1) is 9.80 Å². The fourth-order valence-corrected chi connectivity index (χ4v) is 3.11. The monoisotopic (exact) mass is 338 g/mol. The van der Waals surface area contributed by atoms with Crippen molar-refractivity contribution >= 4 is 28.6 Å². The van der Waals surface area contributed by atoms with Gasteiger partial charge in [-0.25, -0.2) is 0 Å².